The number of hydrogen-bond acceptors (Lipinski definition) is 5. The van der Waals surface area contributed by atoms with E-state index in [0.717, 1.165) is 31.7 Å². The van der Waals surface area contributed by atoms with E-state index in [-0.39, 0.29) is 6.61 Å². The standard InChI is InChI=1S/C23H18N2O4S/c26-22(24-28)25(23(27)29-14-16-7-3-1-4-8-16)18-11-12-21-19(13-18)20(15-30-21)17-9-5-2-6-10-17/h1-13,15,28H,14H2,(H,24,26). The van der Waals surface area contributed by atoms with Crippen molar-refractivity contribution in [1.29, 1.82) is 0 Å². The molecular formula is C23H18N2O4S. The summed E-state index contributed by atoms with van der Waals surface area (Å²) in [6, 6.07) is 23.2. The molecule has 4 aromatic rings. The molecule has 0 unspecified atom stereocenters. The van der Waals surface area contributed by atoms with Crippen molar-refractivity contribution in [1.82, 2.24) is 5.48 Å². The number of hydrogen-bond donors (Lipinski definition) is 2. The molecule has 1 aromatic heterocycles. The summed E-state index contributed by atoms with van der Waals surface area (Å²) in [6.07, 6.45) is -0.888. The van der Waals surface area contributed by atoms with E-state index in [1.165, 1.54) is 5.48 Å². The minimum atomic E-state index is -0.996. The molecule has 7 heteroatoms. The van der Waals surface area contributed by atoms with E-state index in [4.69, 9.17) is 9.94 Å². The quantitative estimate of drug-likeness (QED) is 0.324. The van der Waals surface area contributed by atoms with Crippen LogP contribution in [0.25, 0.3) is 21.2 Å². The average molecular weight is 418 g/mol. The summed E-state index contributed by atoms with van der Waals surface area (Å²) in [5.41, 5.74) is 4.63. The van der Waals surface area contributed by atoms with Crippen molar-refractivity contribution in [2.24, 2.45) is 0 Å². The first-order valence-corrected chi connectivity index (χ1v) is 10.1. The molecule has 0 fully saturated rings. The van der Waals surface area contributed by atoms with Gasteiger partial charge in [-0.15, -0.1) is 11.3 Å². The highest BCUT2D eigenvalue weighted by molar-refractivity contribution is 7.17. The lowest BCUT2D eigenvalue weighted by Crippen LogP contribution is -2.43. The molecule has 0 saturated heterocycles. The smallest absolute Gasteiger partial charge is 0.423 e. The largest absolute Gasteiger partial charge is 0.444 e. The Morgan fingerprint density at radius 2 is 1.67 bits per heavy atom. The Hall–Kier alpha value is -3.68. The van der Waals surface area contributed by atoms with Crippen molar-refractivity contribution in [2.75, 3.05) is 4.90 Å². The number of nitrogens with zero attached hydrogens (tertiary/aromatic N) is 1. The van der Waals surface area contributed by atoms with Gasteiger partial charge in [-0.3, -0.25) is 5.21 Å². The van der Waals surface area contributed by atoms with Crippen LogP contribution in [-0.4, -0.2) is 17.3 Å². The predicted molar refractivity (Wildman–Crippen MR) is 117 cm³/mol. The monoisotopic (exact) mass is 418 g/mol. The van der Waals surface area contributed by atoms with Crippen LogP contribution in [0.15, 0.2) is 84.2 Å². The zero-order valence-corrected chi connectivity index (χ0v) is 16.6. The minimum absolute atomic E-state index is 0.00480. The molecule has 1 heterocycles. The Morgan fingerprint density at radius 1 is 0.967 bits per heavy atom. The Bertz CT molecular complexity index is 1180. The second kappa shape index (κ2) is 8.77. The maximum Gasteiger partial charge on any atom is 0.423 e. The van der Waals surface area contributed by atoms with E-state index < -0.39 is 12.1 Å². The van der Waals surface area contributed by atoms with Gasteiger partial charge in [-0.05, 0) is 34.7 Å². The van der Waals surface area contributed by atoms with Gasteiger partial charge in [0.15, 0.2) is 0 Å². The van der Waals surface area contributed by atoms with Gasteiger partial charge in [0, 0.05) is 15.6 Å². The number of urea groups is 1. The fourth-order valence-corrected chi connectivity index (χ4v) is 4.09. The molecular weight excluding hydrogens is 400 g/mol. The lowest BCUT2D eigenvalue weighted by Gasteiger charge is -2.19. The highest BCUT2D eigenvalue weighted by atomic mass is 32.1. The molecule has 150 valence electrons. The number of benzene rings is 3. The molecule has 0 saturated carbocycles. The van der Waals surface area contributed by atoms with Crippen LogP contribution < -0.4 is 10.4 Å². The van der Waals surface area contributed by atoms with Crippen molar-refractivity contribution >= 4 is 39.2 Å². The Kier molecular flexibility index (Phi) is 5.74. The summed E-state index contributed by atoms with van der Waals surface area (Å²) in [6.45, 7) is 0.00480. The topological polar surface area (TPSA) is 78.9 Å². The average Bonchev–Trinajstić information content (AvgIpc) is 3.22. The summed E-state index contributed by atoms with van der Waals surface area (Å²) >= 11 is 1.57. The van der Waals surface area contributed by atoms with Gasteiger partial charge in [-0.2, -0.15) is 4.90 Å². The number of ether oxygens (including phenoxy) is 1. The van der Waals surface area contributed by atoms with Gasteiger partial charge in [0.25, 0.3) is 0 Å². The first kappa shape index (κ1) is 19.6. The molecule has 4 rings (SSSR count). The molecule has 6 nitrogen and oxygen atoms in total. The molecule has 3 amide bonds. The third-order valence-electron chi connectivity index (χ3n) is 4.59. The Labute approximate surface area is 176 Å². The molecule has 2 N–H and O–H groups in total. The third kappa shape index (κ3) is 4.03. The van der Waals surface area contributed by atoms with Crippen molar-refractivity contribution in [3.05, 3.63) is 89.8 Å². The van der Waals surface area contributed by atoms with Gasteiger partial charge in [0.05, 0.1) is 5.69 Å². The van der Waals surface area contributed by atoms with Crippen LogP contribution in [-0.2, 0) is 11.3 Å². The van der Waals surface area contributed by atoms with Gasteiger partial charge in [0.1, 0.15) is 6.61 Å². The first-order chi connectivity index (χ1) is 14.7. The fourth-order valence-electron chi connectivity index (χ4n) is 3.14. The predicted octanol–water partition coefficient (Wildman–Crippen LogP) is 5.81. The Morgan fingerprint density at radius 3 is 2.37 bits per heavy atom. The number of carbonyl (C=O) groups is 2. The van der Waals surface area contributed by atoms with Crippen molar-refractivity contribution < 1.29 is 19.5 Å². The summed E-state index contributed by atoms with van der Waals surface area (Å²) < 4.78 is 6.31. The maximum absolute atomic E-state index is 12.7. The second-order valence-electron chi connectivity index (χ2n) is 6.49. The normalized spacial score (nSPS) is 10.6. The van der Waals surface area contributed by atoms with E-state index >= 15 is 0 Å². The van der Waals surface area contributed by atoms with E-state index in [1.807, 2.05) is 72.1 Å². The summed E-state index contributed by atoms with van der Waals surface area (Å²) in [4.78, 5) is 25.7. The first-order valence-electron chi connectivity index (χ1n) is 9.19. The van der Waals surface area contributed by atoms with Crippen molar-refractivity contribution in [3.8, 4) is 11.1 Å². The zero-order chi connectivity index (χ0) is 20.9. The van der Waals surface area contributed by atoms with Crippen LogP contribution in [0.4, 0.5) is 15.3 Å². The molecule has 0 aliphatic rings. The molecule has 30 heavy (non-hydrogen) atoms. The van der Waals surface area contributed by atoms with Crippen LogP contribution in [0.2, 0.25) is 0 Å². The molecule has 0 aliphatic carbocycles. The summed E-state index contributed by atoms with van der Waals surface area (Å²) in [5, 5.41) is 12.1. The van der Waals surface area contributed by atoms with Gasteiger partial charge in [0.2, 0.25) is 0 Å². The van der Waals surface area contributed by atoms with Crippen LogP contribution in [0.3, 0.4) is 0 Å². The second-order valence-corrected chi connectivity index (χ2v) is 7.40. The summed E-state index contributed by atoms with van der Waals surface area (Å²) in [7, 11) is 0. The molecule has 0 bridgehead atoms. The van der Waals surface area contributed by atoms with E-state index in [2.05, 4.69) is 0 Å². The number of anilines is 1. The van der Waals surface area contributed by atoms with Crippen LogP contribution in [0.1, 0.15) is 5.56 Å². The number of thiophene rings is 1. The number of nitrogens with one attached hydrogen (secondary N) is 1. The van der Waals surface area contributed by atoms with Gasteiger partial charge in [-0.25, -0.2) is 15.1 Å². The van der Waals surface area contributed by atoms with Crippen molar-refractivity contribution in [3.63, 3.8) is 0 Å². The van der Waals surface area contributed by atoms with Gasteiger partial charge >= 0.3 is 12.1 Å². The third-order valence-corrected chi connectivity index (χ3v) is 5.55. The highest BCUT2D eigenvalue weighted by Gasteiger charge is 2.25. The Balaban J connectivity index is 1.67. The molecule has 0 radical (unpaired) electrons. The van der Waals surface area contributed by atoms with E-state index in [1.54, 1.807) is 23.5 Å². The lowest BCUT2D eigenvalue weighted by atomic mass is 10.0. The van der Waals surface area contributed by atoms with E-state index in [0.29, 0.717) is 5.69 Å². The molecule has 0 atom stereocenters. The SMILES string of the molecule is O=C(NO)N(C(=O)OCc1ccccc1)c1ccc2scc(-c3ccccc3)c2c1. The van der Waals surface area contributed by atoms with Crippen LogP contribution in [0.5, 0.6) is 0 Å². The number of amides is 3. The zero-order valence-electron chi connectivity index (χ0n) is 15.8. The van der Waals surface area contributed by atoms with Crippen LogP contribution >= 0.6 is 11.3 Å². The number of fused-ring (bicyclic) bond motifs is 1. The van der Waals surface area contributed by atoms with Gasteiger partial charge < -0.3 is 4.74 Å². The number of rotatable bonds is 4. The summed E-state index contributed by atoms with van der Waals surface area (Å²) in [5.74, 6) is 0. The maximum atomic E-state index is 12.7. The van der Waals surface area contributed by atoms with E-state index in [9.17, 15) is 9.59 Å². The number of imide groups is 1. The molecule has 0 aliphatic heterocycles. The number of hydroxylamine groups is 1. The highest BCUT2D eigenvalue weighted by Crippen LogP contribution is 2.36. The minimum Gasteiger partial charge on any atom is -0.444 e. The number of carbonyl (C=O) groups excluding carboxylic acids is 2. The van der Waals surface area contributed by atoms with Crippen molar-refractivity contribution in [2.45, 2.75) is 6.61 Å². The fraction of sp³-hybridized carbons (Fsp3) is 0.0435. The van der Waals surface area contributed by atoms with Gasteiger partial charge in [-0.1, -0.05) is 60.7 Å². The lowest BCUT2D eigenvalue weighted by molar-refractivity contribution is 0.139. The van der Waals surface area contributed by atoms with Crippen LogP contribution in [0, 0.1) is 0 Å². The molecule has 0 spiro atoms. The molecule has 3 aromatic carbocycles.